The van der Waals surface area contributed by atoms with Gasteiger partial charge in [0, 0.05) is 16.8 Å². The molecule has 3 heteroatoms. The van der Waals surface area contributed by atoms with Gasteiger partial charge in [-0.3, -0.25) is 0 Å². The number of anilines is 1. The van der Waals surface area contributed by atoms with Crippen LogP contribution in [0.2, 0.25) is 5.02 Å². The molecule has 0 aromatic heterocycles. The predicted molar refractivity (Wildman–Crippen MR) is 51.2 cm³/mol. The summed E-state index contributed by atoms with van der Waals surface area (Å²) < 4.78 is 0. The maximum atomic E-state index is 5.81. The van der Waals surface area contributed by atoms with Crippen LogP contribution in [0.1, 0.15) is 18.0 Å². The van der Waals surface area contributed by atoms with Crippen molar-refractivity contribution in [3.8, 4) is 0 Å². The van der Waals surface area contributed by atoms with E-state index in [0.29, 0.717) is 11.1 Å². The van der Waals surface area contributed by atoms with Gasteiger partial charge in [-0.2, -0.15) is 0 Å². The summed E-state index contributed by atoms with van der Waals surface area (Å²) in [5.41, 5.74) is 7.77. The van der Waals surface area contributed by atoms with Crippen molar-refractivity contribution in [2.75, 3.05) is 12.3 Å². The minimum Gasteiger partial charge on any atom is -0.398 e. The van der Waals surface area contributed by atoms with Gasteiger partial charge in [-0.15, -0.1) is 0 Å². The number of nitrogen functional groups attached to an aromatic ring is 1. The summed E-state index contributed by atoms with van der Waals surface area (Å²) in [7, 11) is 0. The van der Waals surface area contributed by atoms with Gasteiger partial charge >= 0.3 is 0 Å². The highest BCUT2D eigenvalue weighted by Crippen LogP contribution is 2.29. The molecule has 0 bridgehead atoms. The molecule has 0 aliphatic carbocycles. The molecule has 1 aromatic rings. The second kappa shape index (κ2) is 2.96. The molecule has 2 nitrogen and oxygen atoms in total. The molecular formula is C9H11ClN2. The van der Waals surface area contributed by atoms with Gasteiger partial charge in [0.1, 0.15) is 0 Å². The zero-order valence-electron chi connectivity index (χ0n) is 6.68. The van der Waals surface area contributed by atoms with Crippen LogP contribution in [0.3, 0.4) is 0 Å². The van der Waals surface area contributed by atoms with Crippen LogP contribution < -0.4 is 11.1 Å². The van der Waals surface area contributed by atoms with Crippen LogP contribution in [-0.2, 0) is 0 Å². The number of hydrogen-bond donors (Lipinski definition) is 2. The summed E-state index contributed by atoms with van der Waals surface area (Å²) in [5.74, 6) is 0. The van der Waals surface area contributed by atoms with Crippen molar-refractivity contribution in [3.63, 3.8) is 0 Å². The molecule has 3 N–H and O–H groups in total. The zero-order valence-corrected chi connectivity index (χ0v) is 7.43. The predicted octanol–water partition coefficient (Wildman–Crippen LogP) is 1.96. The van der Waals surface area contributed by atoms with Crippen LogP contribution >= 0.6 is 11.6 Å². The van der Waals surface area contributed by atoms with Gasteiger partial charge in [0.15, 0.2) is 0 Å². The first kappa shape index (κ1) is 7.90. The van der Waals surface area contributed by atoms with Gasteiger partial charge in [-0.1, -0.05) is 17.7 Å². The molecule has 0 amide bonds. The van der Waals surface area contributed by atoms with Gasteiger partial charge in [-0.05, 0) is 30.7 Å². The molecule has 1 aliphatic heterocycles. The Hall–Kier alpha value is -0.730. The van der Waals surface area contributed by atoms with Crippen LogP contribution in [0.15, 0.2) is 18.2 Å². The molecular weight excluding hydrogens is 172 g/mol. The Balaban J connectivity index is 2.31. The lowest BCUT2D eigenvalue weighted by Crippen LogP contribution is -2.35. The van der Waals surface area contributed by atoms with E-state index in [9.17, 15) is 0 Å². The fraction of sp³-hybridized carbons (Fsp3) is 0.333. The zero-order chi connectivity index (χ0) is 8.55. The molecule has 1 atom stereocenters. The minimum atomic E-state index is 0.447. The van der Waals surface area contributed by atoms with Crippen molar-refractivity contribution < 1.29 is 0 Å². The monoisotopic (exact) mass is 182 g/mol. The molecule has 1 aromatic carbocycles. The molecule has 2 rings (SSSR count). The maximum absolute atomic E-state index is 5.81. The molecule has 0 radical (unpaired) electrons. The number of benzene rings is 1. The van der Waals surface area contributed by atoms with Crippen molar-refractivity contribution in [1.82, 2.24) is 5.32 Å². The van der Waals surface area contributed by atoms with E-state index >= 15 is 0 Å². The fourth-order valence-corrected chi connectivity index (χ4v) is 1.60. The van der Waals surface area contributed by atoms with Crippen LogP contribution in [-0.4, -0.2) is 6.54 Å². The Morgan fingerprint density at radius 1 is 1.50 bits per heavy atom. The van der Waals surface area contributed by atoms with Gasteiger partial charge in [0.2, 0.25) is 0 Å². The summed E-state index contributed by atoms with van der Waals surface area (Å²) in [6.07, 6.45) is 1.17. The van der Waals surface area contributed by atoms with E-state index in [1.54, 1.807) is 6.07 Å². The lowest BCUT2D eigenvalue weighted by molar-refractivity contribution is 0.384. The van der Waals surface area contributed by atoms with Crippen LogP contribution in [0.4, 0.5) is 5.69 Å². The summed E-state index contributed by atoms with van der Waals surface area (Å²) in [6.45, 7) is 1.09. The summed E-state index contributed by atoms with van der Waals surface area (Å²) >= 11 is 5.78. The van der Waals surface area contributed by atoms with Crippen LogP contribution in [0, 0.1) is 0 Å². The summed E-state index contributed by atoms with van der Waals surface area (Å²) in [4.78, 5) is 0. The average molecular weight is 183 g/mol. The van der Waals surface area contributed by atoms with E-state index in [0.717, 1.165) is 12.2 Å². The Morgan fingerprint density at radius 3 is 2.75 bits per heavy atom. The van der Waals surface area contributed by atoms with E-state index < -0.39 is 0 Å². The third-order valence-electron chi connectivity index (χ3n) is 2.25. The largest absolute Gasteiger partial charge is 0.398 e. The standard InChI is InChI=1S/C9H11ClN2/c10-6-1-2-7(8(11)5-6)9-3-4-12-9/h1-2,5,9,12H,3-4,11H2/t9-/m1/s1. The number of hydrogen-bond acceptors (Lipinski definition) is 2. The first-order valence-corrected chi connectivity index (χ1v) is 4.43. The first-order valence-electron chi connectivity index (χ1n) is 4.05. The number of halogens is 1. The normalized spacial score (nSPS) is 21.9. The Kier molecular flexibility index (Phi) is 1.95. The summed E-state index contributed by atoms with van der Waals surface area (Å²) in [5, 5.41) is 4.00. The molecule has 1 aliphatic rings. The SMILES string of the molecule is Nc1cc(Cl)ccc1[C@H]1CCN1. The van der Waals surface area contributed by atoms with Gasteiger partial charge in [-0.25, -0.2) is 0 Å². The maximum Gasteiger partial charge on any atom is 0.0426 e. The van der Waals surface area contributed by atoms with E-state index in [-0.39, 0.29) is 0 Å². The van der Waals surface area contributed by atoms with Crippen LogP contribution in [0.25, 0.3) is 0 Å². The van der Waals surface area contributed by atoms with Gasteiger partial charge in [0.25, 0.3) is 0 Å². The van der Waals surface area contributed by atoms with Crippen molar-refractivity contribution in [1.29, 1.82) is 0 Å². The van der Waals surface area contributed by atoms with E-state index in [2.05, 4.69) is 5.32 Å². The summed E-state index contributed by atoms with van der Waals surface area (Å²) in [6, 6.07) is 6.13. The molecule has 0 unspecified atom stereocenters. The Labute approximate surface area is 76.7 Å². The highest BCUT2D eigenvalue weighted by atomic mass is 35.5. The topological polar surface area (TPSA) is 38.0 Å². The average Bonchev–Trinajstić information content (AvgIpc) is 1.91. The van der Waals surface area contributed by atoms with Crippen LogP contribution in [0.5, 0.6) is 0 Å². The van der Waals surface area contributed by atoms with Crippen molar-refractivity contribution in [2.45, 2.75) is 12.5 Å². The lowest BCUT2D eigenvalue weighted by atomic mass is 9.97. The quantitative estimate of drug-likeness (QED) is 0.652. The van der Waals surface area contributed by atoms with Gasteiger partial charge in [0.05, 0.1) is 0 Å². The minimum absolute atomic E-state index is 0.447. The highest BCUT2D eigenvalue weighted by Gasteiger charge is 2.20. The van der Waals surface area contributed by atoms with Crippen molar-refractivity contribution in [3.05, 3.63) is 28.8 Å². The molecule has 1 heterocycles. The van der Waals surface area contributed by atoms with E-state index in [1.165, 1.54) is 12.0 Å². The van der Waals surface area contributed by atoms with Crippen molar-refractivity contribution >= 4 is 17.3 Å². The Morgan fingerprint density at radius 2 is 2.25 bits per heavy atom. The molecule has 0 spiro atoms. The molecule has 0 saturated carbocycles. The fourth-order valence-electron chi connectivity index (χ4n) is 1.42. The number of nitrogens with one attached hydrogen (secondary N) is 1. The lowest BCUT2D eigenvalue weighted by Gasteiger charge is -2.29. The smallest absolute Gasteiger partial charge is 0.0426 e. The number of nitrogens with two attached hydrogens (primary N) is 1. The molecule has 64 valence electrons. The van der Waals surface area contributed by atoms with E-state index in [1.807, 2.05) is 12.1 Å². The molecule has 12 heavy (non-hydrogen) atoms. The molecule has 1 saturated heterocycles. The first-order chi connectivity index (χ1) is 5.77. The highest BCUT2D eigenvalue weighted by molar-refractivity contribution is 6.30. The second-order valence-corrected chi connectivity index (χ2v) is 3.51. The third kappa shape index (κ3) is 1.28. The number of rotatable bonds is 1. The second-order valence-electron chi connectivity index (χ2n) is 3.07. The van der Waals surface area contributed by atoms with Crippen molar-refractivity contribution in [2.24, 2.45) is 0 Å². The Bertz CT molecular complexity index is 295. The molecule has 1 fully saturated rings. The van der Waals surface area contributed by atoms with Gasteiger partial charge < -0.3 is 11.1 Å². The third-order valence-corrected chi connectivity index (χ3v) is 2.48. The van der Waals surface area contributed by atoms with E-state index in [4.69, 9.17) is 17.3 Å².